The van der Waals surface area contributed by atoms with Crippen LogP contribution in [0.15, 0.2) is 12.5 Å². The van der Waals surface area contributed by atoms with Crippen molar-refractivity contribution >= 4 is 11.5 Å². The molecule has 1 fully saturated rings. The normalized spacial score (nSPS) is 31.1. The number of anilines is 1. The molecule has 1 aliphatic heterocycles. The molecule has 4 N–H and O–H groups in total. The van der Waals surface area contributed by atoms with Gasteiger partial charge in [0.25, 0.3) is 0 Å². The Bertz CT molecular complexity index is 615. The first kappa shape index (κ1) is 12.3. The minimum atomic E-state index is -1.53. The molecular weight excluding hydrogens is 250 g/mol. The second-order valence-corrected chi connectivity index (χ2v) is 4.78. The van der Waals surface area contributed by atoms with Gasteiger partial charge in [0.15, 0.2) is 11.5 Å². The number of aliphatic hydroxyl groups is 2. The van der Waals surface area contributed by atoms with Crippen LogP contribution < -0.4 is 5.73 Å². The van der Waals surface area contributed by atoms with E-state index in [1.807, 2.05) is 6.92 Å². The predicted molar refractivity (Wildman–Crippen MR) is 64.8 cm³/mol. The van der Waals surface area contributed by atoms with Crippen molar-refractivity contribution in [3.8, 4) is 0 Å². The Morgan fingerprint density at radius 2 is 2.37 bits per heavy atom. The molecule has 0 radical (unpaired) electrons. The van der Waals surface area contributed by atoms with Crippen molar-refractivity contribution < 1.29 is 14.9 Å². The fourth-order valence-corrected chi connectivity index (χ4v) is 2.48. The minimum Gasteiger partial charge on any atom is -0.394 e. The standard InChI is InChI=1S/C11H15N5O3/c1-6-2-7(4-17)19-11(6,18)8-3-13-10-9(12)14-5-15-16(8)10/h3,5-7,17-18H,2,4H2,1H3,(H2,12,14,15). The van der Waals surface area contributed by atoms with Crippen LogP contribution in [0.4, 0.5) is 5.82 Å². The summed E-state index contributed by atoms with van der Waals surface area (Å²) in [6, 6.07) is 0. The summed E-state index contributed by atoms with van der Waals surface area (Å²) in [6.07, 6.45) is 2.92. The molecular formula is C11H15N5O3. The number of aromatic nitrogens is 4. The SMILES string of the molecule is CC1CC(CO)OC1(O)c1cnc2c(N)ncnn12. The first-order chi connectivity index (χ1) is 9.06. The molecule has 0 aliphatic carbocycles. The van der Waals surface area contributed by atoms with Crippen LogP contribution in [0.25, 0.3) is 5.65 Å². The van der Waals surface area contributed by atoms with Gasteiger partial charge in [0.1, 0.15) is 12.0 Å². The lowest BCUT2D eigenvalue weighted by atomic mass is 9.96. The van der Waals surface area contributed by atoms with Crippen molar-refractivity contribution in [1.82, 2.24) is 19.6 Å². The smallest absolute Gasteiger partial charge is 0.214 e. The van der Waals surface area contributed by atoms with Gasteiger partial charge in [0.2, 0.25) is 5.79 Å². The van der Waals surface area contributed by atoms with Gasteiger partial charge in [0.05, 0.1) is 18.9 Å². The molecule has 8 nitrogen and oxygen atoms in total. The summed E-state index contributed by atoms with van der Waals surface area (Å²) in [5.74, 6) is -1.50. The van der Waals surface area contributed by atoms with E-state index < -0.39 is 11.9 Å². The van der Waals surface area contributed by atoms with Gasteiger partial charge >= 0.3 is 0 Å². The molecule has 0 amide bonds. The molecule has 3 unspecified atom stereocenters. The van der Waals surface area contributed by atoms with E-state index in [-0.39, 0.29) is 18.3 Å². The highest BCUT2D eigenvalue weighted by atomic mass is 16.6. The zero-order valence-corrected chi connectivity index (χ0v) is 10.4. The summed E-state index contributed by atoms with van der Waals surface area (Å²) in [5.41, 5.74) is 6.46. The van der Waals surface area contributed by atoms with Gasteiger partial charge in [-0.2, -0.15) is 5.10 Å². The quantitative estimate of drug-likeness (QED) is 0.654. The first-order valence-corrected chi connectivity index (χ1v) is 6.02. The van der Waals surface area contributed by atoms with E-state index in [1.165, 1.54) is 17.0 Å². The number of rotatable bonds is 2. The number of nitrogens with two attached hydrogens (primary N) is 1. The molecule has 2 aromatic heterocycles. The third-order valence-corrected chi connectivity index (χ3v) is 3.53. The first-order valence-electron chi connectivity index (χ1n) is 6.02. The number of ether oxygens (including phenoxy) is 1. The van der Waals surface area contributed by atoms with E-state index in [0.29, 0.717) is 17.8 Å². The minimum absolute atomic E-state index is 0.138. The van der Waals surface area contributed by atoms with Crippen LogP contribution in [0.2, 0.25) is 0 Å². The Morgan fingerprint density at radius 3 is 3.05 bits per heavy atom. The summed E-state index contributed by atoms with van der Waals surface area (Å²) < 4.78 is 6.96. The van der Waals surface area contributed by atoms with Crippen LogP contribution in [0.3, 0.4) is 0 Å². The molecule has 1 aliphatic rings. The van der Waals surface area contributed by atoms with Gasteiger partial charge in [-0.25, -0.2) is 14.5 Å². The summed E-state index contributed by atoms with van der Waals surface area (Å²) in [6.45, 7) is 1.71. The lowest BCUT2D eigenvalue weighted by Crippen LogP contribution is -2.33. The Labute approximate surface area is 108 Å². The number of aliphatic hydroxyl groups excluding tert-OH is 1. The van der Waals surface area contributed by atoms with Crippen LogP contribution in [0.5, 0.6) is 0 Å². The molecule has 102 valence electrons. The molecule has 3 rings (SSSR count). The fraction of sp³-hybridized carbons (Fsp3) is 0.545. The van der Waals surface area contributed by atoms with Gasteiger partial charge in [-0.1, -0.05) is 6.92 Å². The highest BCUT2D eigenvalue weighted by Gasteiger charge is 2.48. The van der Waals surface area contributed by atoms with Crippen molar-refractivity contribution in [2.24, 2.45) is 5.92 Å². The van der Waals surface area contributed by atoms with Crippen LogP contribution in [-0.4, -0.2) is 42.5 Å². The number of fused-ring (bicyclic) bond motifs is 1. The zero-order valence-electron chi connectivity index (χ0n) is 10.4. The molecule has 0 saturated carbocycles. The predicted octanol–water partition coefficient (Wildman–Crippen LogP) is -0.731. The van der Waals surface area contributed by atoms with E-state index in [1.54, 1.807) is 0 Å². The van der Waals surface area contributed by atoms with Gasteiger partial charge in [-0.3, -0.25) is 0 Å². The van der Waals surface area contributed by atoms with Gasteiger partial charge < -0.3 is 20.7 Å². The van der Waals surface area contributed by atoms with E-state index in [9.17, 15) is 5.11 Å². The highest BCUT2D eigenvalue weighted by molar-refractivity contribution is 5.59. The number of hydrogen-bond acceptors (Lipinski definition) is 7. The molecule has 1 saturated heterocycles. The van der Waals surface area contributed by atoms with Crippen molar-refractivity contribution in [3.63, 3.8) is 0 Å². The summed E-state index contributed by atoms with van der Waals surface area (Å²) in [4.78, 5) is 7.94. The molecule has 19 heavy (non-hydrogen) atoms. The second kappa shape index (κ2) is 4.12. The van der Waals surface area contributed by atoms with Gasteiger partial charge in [-0.15, -0.1) is 0 Å². The van der Waals surface area contributed by atoms with E-state index in [0.717, 1.165) is 0 Å². The highest BCUT2D eigenvalue weighted by Crippen LogP contribution is 2.41. The number of nitrogen functional groups attached to an aromatic ring is 1. The third-order valence-electron chi connectivity index (χ3n) is 3.53. The monoisotopic (exact) mass is 265 g/mol. The van der Waals surface area contributed by atoms with Crippen molar-refractivity contribution in [2.45, 2.75) is 25.2 Å². The molecule has 0 bridgehead atoms. The van der Waals surface area contributed by atoms with E-state index in [4.69, 9.17) is 15.6 Å². The Kier molecular flexibility index (Phi) is 2.66. The van der Waals surface area contributed by atoms with Crippen molar-refractivity contribution in [1.29, 1.82) is 0 Å². The molecule has 0 spiro atoms. The van der Waals surface area contributed by atoms with Crippen LogP contribution >= 0.6 is 0 Å². The Balaban J connectivity index is 2.12. The average molecular weight is 265 g/mol. The third kappa shape index (κ3) is 1.68. The molecule has 2 aromatic rings. The lowest BCUT2D eigenvalue weighted by Gasteiger charge is -2.25. The number of hydrogen-bond donors (Lipinski definition) is 3. The van der Waals surface area contributed by atoms with Crippen LogP contribution in [0.1, 0.15) is 19.0 Å². The molecule has 0 aromatic carbocycles. The number of imidazole rings is 1. The van der Waals surface area contributed by atoms with Crippen molar-refractivity contribution in [3.05, 3.63) is 18.2 Å². The number of nitrogens with zero attached hydrogens (tertiary/aromatic N) is 4. The Morgan fingerprint density at radius 1 is 1.58 bits per heavy atom. The molecule has 8 heteroatoms. The average Bonchev–Trinajstić information content (AvgIpc) is 2.94. The van der Waals surface area contributed by atoms with Gasteiger partial charge in [0, 0.05) is 5.92 Å². The second-order valence-electron chi connectivity index (χ2n) is 4.78. The van der Waals surface area contributed by atoms with Crippen molar-refractivity contribution in [2.75, 3.05) is 12.3 Å². The fourth-order valence-electron chi connectivity index (χ4n) is 2.48. The maximum atomic E-state index is 10.7. The summed E-state index contributed by atoms with van der Waals surface area (Å²) >= 11 is 0. The topological polar surface area (TPSA) is 119 Å². The summed E-state index contributed by atoms with van der Waals surface area (Å²) in [5, 5.41) is 23.9. The maximum Gasteiger partial charge on any atom is 0.214 e. The Hall–Kier alpha value is -1.77. The van der Waals surface area contributed by atoms with Gasteiger partial charge in [-0.05, 0) is 6.42 Å². The largest absolute Gasteiger partial charge is 0.394 e. The zero-order chi connectivity index (χ0) is 13.6. The van der Waals surface area contributed by atoms with E-state index >= 15 is 0 Å². The summed E-state index contributed by atoms with van der Waals surface area (Å²) in [7, 11) is 0. The lowest BCUT2D eigenvalue weighted by molar-refractivity contribution is -0.226. The molecule has 3 heterocycles. The van der Waals surface area contributed by atoms with E-state index in [2.05, 4.69) is 15.1 Å². The molecule has 3 atom stereocenters. The van der Waals surface area contributed by atoms with Crippen LogP contribution in [-0.2, 0) is 10.5 Å². The van der Waals surface area contributed by atoms with Crippen LogP contribution in [0, 0.1) is 5.92 Å². The maximum absolute atomic E-state index is 10.7.